The third-order valence-corrected chi connectivity index (χ3v) is 2.54. The van der Waals surface area contributed by atoms with E-state index < -0.39 is 0 Å². The van der Waals surface area contributed by atoms with Gasteiger partial charge in [0.05, 0.1) is 0 Å². The molecule has 0 fully saturated rings. The van der Waals surface area contributed by atoms with Gasteiger partial charge in [0.25, 0.3) is 0 Å². The van der Waals surface area contributed by atoms with Crippen molar-refractivity contribution in [1.29, 1.82) is 0 Å². The Morgan fingerprint density at radius 2 is 2.12 bits per heavy atom. The van der Waals surface area contributed by atoms with E-state index in [1.807, 2.05) is 6.07 Å². The van der Waals surface area contributed by atoms with Crippen LogP contribution in [0.15, 0.2) is 18.2 Å². The average Bonchev–Trinajstić information content (AvgIpc) is 2.66. The number of halogens is 1. The third-order valence-electron chi connectivity index (χ3n) is 2.30. The van der Waals surface area contributed by atoms with Crippen LogP contribution in [0, 0.1) is 0 Å². The second-order valence-corrected chi connectivity index (χ2v) is 4.37. The van der Waals surface area contributed by atoms with Crippen LogP contribution < -0.4 is 5.73 Å². The van der Waals surface area contributed by atoms with Crippen molar-refractivity contribution in [3.8, 4) is 11.4 Å². The Balaban J connectivity index is 2.42. The Bertz CT molecular complexity index is 504. The molecular formula is C11H13ClN4. The van der Waals surface area contributed by atoms with Crippen LogP contribution in [-0.4, -0.2) is 15.2 Å². The lowest BCUT2D eigenvalue weighted by Crippen LogP contribution is -1.92. The molecule has 0 aliphatic carbocycles. The lowest BCUT2D eigenvalue weighted by molar-refractivity contribution is 0.781. The number of aromatic nitrogens is 3. The van der Waals surface area contributed by atoms with Crippen LogP contribution in [0.1, 0.15) is 25.6 Å². The Morgan fingerprint density at radius 3 is 2.69 bits per heavy atom. The molecule has 0 spiro atoms. The summed E-state index contributed by atoms with van der Waals surface area (Å²) < 4.78 is 0. The summed E-state index contributed by atoms with van der Waals surface area (Å²) in [5.41, 5.74) is 7.24. The van der Waals surface area contributed by atoms with E-state index in [9.17, 15) is 0 Å². The molecule has 84 valence electrons. The zero-order valence-corrected chi connectivity index (χ0v) is 9.92. The van der Waals surface area contributed by atoms with Crippen LogP contribution >= 0.6 is 11.6 Å². The van der Waals surface area contributed by atoms with Crippen LogP contribution in [0.5, 0.6) is 0 Å². The number of hydrogen-bond donors (Lipinski definition) is 2. The molecule has 0 aliphatic rings. The van der Waals surface area contributed by atoms with E-state index in [2.05, 4.69) is 29.0 Å². The van der Waals surface area contributed by atoms with E-state index >= 15 is 0 Å². The number of nitrogens with one attached hydrogen (secondary N) is 1. The van der Waals surface area contributed by atoms with Gasteiger partial charge in [-0.3, -0.25) is 5.10 Å². The van der Waals surface area contributed by atoms with Crippen LogP contribution in [0.4, 0.5) is 5.69 Å². The van der Waals surface area contributed by atoms with E-state index in [0.717, 1.165) is 11.4 Å². The first-order chi connectivity index (χ1) is 7.58. The smallest absolute Gasteiger partial charge is 0.183 e. The zero-order valence-electron chi connectivity index (χ0n) is 9.16. The van der Waals surface area contributed by atoms with Crippen molar-refractivity contribution in [1.82, 2.24) is 15.2 Å². The Morgan fingerprint density at radius 1 is 1.38 bits per heavy atom. The lowest BCUT2D eigenvalue weighted by atomic mass is 10.1. The maximum absolute atomic E-state index is 5.86. The van der Waals surface area contributed by atoms with Crippen molar-refractivity contribution in [3.63, 3.8) is 0 Å². The first kappa shape index (κ1) is 11.0. The van der Waals surface area contributed by atoms with Gasteiger partial charge in [-0.15, -0.1) is 0 Å². The van der Waals surface area contributed by atoms with E-state index in [1.54, 1.807) is 12.1 Å². The highest BCUT2D eigenvalue weighted by Crippen LogP contribution is 2.26. The SMILES string of the molecule is CC(C)c1nc(-c2ccc(Cl)cc2N)n[nH]1. The molecule has 0 atom stereocenters. The normalized spacial score (nSPS) is 11.0. The summed E-state index contributed by atoms with van der Waals surface area (Å²) >= 11 is 5.83. The number of benzene rings is 1. The molecule has 4 nitrogen and oxygen atoms in total. The maximum atomic E-state index is 5.86. The molecule has 2 rings (SSSR count). The van der Waals surface area contributed by atoms with Crippen LogP contribution in [-0.2, 0) is 0 Å². The van der Waals surface area contributed by atoms with Crippen molar-refractivity contribution in [2.24, 2.45) is 0 Å². The van der Waals surface area contributed by atoms with Crippen molar-refractivity contribution < 1.29 is 0 Å². The largest absolute Gasteiger partial charge is 0.398 e. The number of H-pyrrole nitrogens is 1. The lowest BCUT2D eigenvalue weighted by Gasteiger charge is -2.01. The molecule has 0 amide bonds. The van der Waals surface area contributed by atoms with Crippen molar-refractivity contribution in [3.05, 3.63) is 29.0 Å². The predicted molar refractivity (Wildman–Crippen MR) is 65.3 cm³/mol. The Kier molecular flexibility index (Phi) is 2.83. The average molecular weight is 237 g/mol. The number of anilines is 1. The van der Waals surface area contributed by atoms with Gasteiger partial charge in [0.15, 0.2) is 5.82 Å². The Hall–Kier alpha value is -1.55. The fourth-order valence-electron chi connectivity index (χ4n) is 1.39. The van der Waals surface area contributed by atoms with Gasteiger partial charge in [-0.2, -0.15) is 5.10 Å². The first-order valence-corrected chi connectivity index (χ1v) is 5.43. The Labute approximate surface area is 98.8 Å². The predicted octanol–water partition coefficient (Wildman–Crippen LogP) is 2.83. The number of rotatable bonds is 2. The summed E-state index contributed by atoms with van der Waals surface area (Å²) in [4.78, 5) is 4.38. The summed E-state index contributed by atoms with van der Waals surface area (Å²) in [5.74, 6) is 1.77. The van der Waals surface area contributed by atoms with Crippen LogP contribution in [0.2, 0.25) is 5.02 Å². The minimum Gasteiger partial charge on any atom is -0.398 e. The highest BCUT2D eigenvalue weighted by molar-refractivity contribution is 6.31. The van der Waals surface area contributed by atoms with Gasteiger partial charge in [-0.25, -0.2) is 4.98 Å². The number of aromatic amines is 1. The molecule has 0 saturated carbocycles. The van der Waals surface area contributed by atoms with Gasteiger partial charge in [-0.05, 0) is 18.2 Å². The fraction of sp³-hybridized carbons (Fsp3) is 0.273. The molecule has 5 heteroatoms. The number of nitrogens with zero attached hydrogens (tertiary/aromatic N) is 2. The molecule has 0 radical (unpaired) electrons. The summed E-state index contributed by atoms with van der Waals surface area (Å²) in [6.45, 7) is 4.10. The monoisotopic (exact) mass is 236 g/mol. The van der Waals surface area contributed by atoms with Gasteiger partial charge < -0.3 is 5.73 Å². The molecule has 0 aliphatic heterocycles. The minimum atomic E-state index is 0.315. The maximum Gasteiger partial charge on any atom is 0.183 e. The number of nitrogens with two attached hydrogens (primary N) is 1. The van der Waals surface area contributed by atoms with Gasteiger partial charge in [0.2, 0.25) is 0 Å². The van der Waals surface area contributed by atoms with Gasteiger partial charge >= 0.3 is 0 Å². The molecule has 0 unspecified atom stereocenters. The summed E-state index contributed by atoms with van der Waals surface area (Å²) in [7, 11) is 0. The minimum absolute atomic E-state index is 0.315. The standard InChI is InChI=1S/C11H13ClN4/c1-6(2)10-14-11(16-15-10)8-4-3-7(12)5-9(8)13/h3-6H,13H2,1-2H3,(H,14,15,16). The quantitative estimate of drug-likeness (QED) is 0.788. The zero-order chi connectivity index (χ0) is 11.7. The molecule has 1 aromatic carbocycles. The van der Waals surface area contributed by atoms with E-state index in [-0.39, 0.29) is 0 Å². The highest BCUT2D eigenvalue weighted by Gasteiger charge is 2.11. The molecule has 2 aromatic rings. The van der Waals surface area contributed by atoms with E-state index in [0.29, 0.717) is 22.5 Å². The molecule has 1 heterocycles. The van der Waals surface area contributed by atoms with Crippen LogP contribution in [0.3, 0.4) is 0 Å². The molecular weight excluding hydrogens is 224 g/mol. The molecule has 3 N–H and O–H groups in total. The molecule has 16 heavy (non-hydrogen) atoms. The summed E-state index contributed by atoms with van der Waals surface area (Å²) in [5, 5.41) is 7.65. The molecule has 0 bridgehead atoms. The van der Waals surface area contributed by atoms with Crippen molar-refractivity contribution >= 4 is 17.3 Å². The fourth-order valence-corrected chi connectivity index (χ4v) is 1.57. The summed E-state index contributed by atoms with van der Waals surface area (Å²) in [6.07, 6.45) is 0. The topological polar surface area (TPSA) is 67.6 Å². The van der Waals surface area contributed by atoms with E-state index in [1.165, 1.54) is 0 Å². The first-order valence-electron chi connectivity index (χ1n) is 5.05. The van der Waals surface area contributed by atoms with E-state index in [4.69, 9.17) is 17.3 Å². The van der Waals surface area contributed by atoms with Gasteiger partial charge in [0, 0.05) is 22.2 Å². The van der Waals surface area contributed by atoms with Crippen LogP contribution in [0.25, 0.3) is 11.4 Å². The molecule has 0 saturated heterocycles. The molecule has 1 aromatic heterocycles. The third kappa shape index (κ3) is 2.02. The summed E-state index contributed by atoms with van der Waals surface area (Å²) in [6, 6.07) is 5.30. The number of hydrogen-bond acceptors (Lipinski definition) is 3. The van der Waals surface area contributed by atoms with Crippen molar-refractivity contribution in [2.75, 3.05) is 5.73 Å². The number of nitrogen functional groups attached to an aromatic ring is 1. The second-order valence-electron chi connectivity index (χ2n) is 3.93. The second kappa shape index (κ2) is 4.14. The van der Waals surface area contributed by atoms with Gasteiger partial charge in [-0.1, -0.05) is 25.4 Å². The highest BCUT2D eigenvalue weighted by atomic mass is 35.5. The van der Waals surface area contributed by atoms with Gasteiger partial charge in [0.1, 0.15) is 5.82 Å². The van der Waals surface area contributed by atoms with Crippen molar-refractivity contribution in [2.45, 2.75) is 19.8 Å².